The third-order valence-corrected chi connectivity index (χ3v) is 5.31. The van der Waals surface area contributed by atoms with Crippen molar-refractivity contribution in [3.8, 4) is 0 Å². The zero-order chi connectivity index (χ0) is 19.0. The van der Waals surface area contributed by atoms with Crippen LogP contribution in [0.2, 0.25) is 0 Å². The Morgan fingerprint density at radius 3 is 2.85 bits per heavy atom. The van der Waals surface area contributed by atoms with Crippen LogP contribution in [-0.2, 0) is 11.2 Å². The van der Waals surface area contributed by atoms with Gasteiger partial charge in [-0.3, -0.25) is 4.79 Å². The van der Waals surface area contributed by atoms with Gasteiger partial charge < -0.3 is 14.4 Å². The molecule has 1 unspecified atom stereocenters. The molecule has 2 aromatic heterocycles. The molecule has 1 aliphatic rings. The lowest BCUT2D eigenvalue weighted by Gasteiger charge is -2.17. The lowest BCUT2D eigenvalue weighted by molar-refractivity contribution is -0.129. The number of rotatable bonds is 4. The second kappa shape index (κ2) is 6.87. The molecule has 0 aliphatic carbocycles. The van der Waals surface area contributed by atoms with E-state index in [2.05, 4.69) is 4.98 Å². The number of fused-ring (bicyclic) bond motifs is 1. The first-order chi connectivity index (χ1) is 13.0. The summed E-state index contributed by atoms with van der Waals surface area (Å²) in [6.07, 6.45) is 4.75. The van der Waals surface area contributed by atoms with E-state index < -0.39 is 5.97 Å². The number of aromatic carboxylic acids is 1. The molecule has 1 atom stereocenters. The molecule has 1 amide bonds. The Morgan fingerprint density at radius 1 is 1.22 bits per heavy atom. The number of hydrogen-bond acceptors (Lipinski definition) is 3. The maximum Gasteiger partial charge on any atom is 0.335 e. The number of carboxylic acid groups (broad SMARTS) is 1. The summed E-state index contributed by atoms with van der Waals surface area (Å²) >= 11 is 0. The summed E-state index contributed by atoms with van der Waals surface area (Å²) in [6.45, 7) is 3.20. The number of aryl methyl sites for hydroxylation is 1. The molecule has 0 saturated carbocycles. The molecule has 6 nitrogen and oxygen atoms in total. The highest BCUT2D eigenvalue weighted by molar-refractivity contribution is 5.89. The molecule has 4 rings (SSSR count). The number of imidazole rings is 1. The number of benzene rings is 1. The van der Waals surface area contributed by atoms with Gasteiger partial charge in [-0.1, -0.05) is 24.3 Å². The molecule has 6 heteroatoms. The van der Waals surface area contributed by atoms with Crippen LogP contribution in [0.4, 0.5) is 0 Å². The Morgan fingerprint density at radius 2 is 2.04 bits per heavy atom. The fraction of sp³-hybridized carbons (Fsp3) is 0.286. The normalized spacial score (nSPS) is 16.8. The predicted molar refractivity (Wildman–Crippen MR) is 101 cm³/mol. The van der Waals surface area contributed by atoms with Gasteiger partial charge in [-0.15, -0.1) is 0 Å². The number of hydrogen-bond donors (Lipinski definition) is 1. The highest BCUT2D eigenvalue weighted by Crippen LogP contribution is 2.30. The van der Waals surface area contributed by atoms with E-state index in [1.807, 2.05) is 46.7 Å². The van der Waals surface area contributed by atoms with Crippen LogP contribution in [0.15, 0.2) is 48.8 Å². The average molecular weight is 363 g/mol. The minimum Gasteiger partial charge on any atom is -0.478 e. The molecule has 0 bridgehead atoms. The predicted octanol–water partition coefficient (Wildman–Crippen LogP) is 2.90. The number of carboxylic acids is 1. The molecule has 1 aromatic carbocycles. The first-order valence-corrected chi connectivity index (χ1v) is 9.06. The topological polar surface area (TPSA) is 74.9 Å². The Labute approximate surface area is 157 Å². The third-order valence-electron chi connectivity index (χ3n) is 5.31. The van der Waals surface area contributed by atoms with Gasteiger partial charge in [0, 0.05) is 31.4 Å². The summed E-state index contributed by atoms with van der Waals surface area (Å²) in [7, 11) is 0. The standard InChI is InChI=1S/C21H21N3O3/c1-14-5-4-9-24-16(12-22-20(14)24)11-19(25)23-10-8-15(13-23)17-6-2-3-7-18(17)21(26)27/h2-7,9,12,15H,8,10-11,13H2,1H3,(H,26,27). The number of pyridine rings is 1. The zero-order valence-electron chi connectivity index (χ0n) is 15.1. The SMILES string of the molecule is Cc1cccn2c(CC(=O)N3CCC(c4ccccc4C(=O)O)C3)cnc12. The van der Waals surface area contributed by atoms with Gasteiger partial charge in [-0.2, -0.15) is 0 Å². The first-order valence-electron chi connectivity index (χ1n) is 9.06. The van der Waals surface area contributed by atoms with Gasteiger partial charge in [-0.05, 0) is 36.6 Å². The number of carbonyl (C=O) groups is 2. The third kappa shape index (κ3) is 3.18. The molecule has 3 aromatic rings. The van der Waals surface area contributed by atoms with Gasteiger partial charge in [0.15, 0.2) is 0 Å². The summed E-state index contributed by atoms with van der Waals surface area (Å²) in [6, 6.07) is 11.0. The summed E-state index contributed by atoms with van der Waals surface area (Å²) < 4.78 is 1.96. The number of likely N-dealkylation sites (tertiary alicyclic amines) is 1. The van der Waals surface area contributed by atoms with Gasteiger partial charge >= 0.3 is 5.97 Å². The number of carbonyl (C=O) groups excluding carboxylic acids is 1. The van der Waals surface area contributed by atoms with E-state index >= 15 is 0 Å². The van der Waals surface area contributed by atoms with Gasteiger partial charge in [-0.25, -0.2) is 9.78 Å². The monoisotopic (exact) mass is 363 g/mol. The Bertz CT molecular complexity index is 1020. The molecular weight excluding hydrogens is 342 g/mol. The average Bonchev–Trinajstić information content (AvgIpc) is 3.30. The Kier molecular flexibility index (Phi) is 4.39. The van der Waals surface area contributed by atoms with Crippen molar-refractivity contribution in [3.63, 3.8) is 0 Å². The molecule has 138 valence electrons. The molecule has 0 spiro atoms. The number of aromatic nitrogens is 2. The smallest absolute Gasteiger partial charge is 0.335 e. The molecule has 1 aliphatic heterocycles. The van der Waals surface area contributed by atoms with E-state index in [-0.39, 0.29) is 18.2 Å². The maximum atomic E-state index is 12.8. The van der Waals surface area contributed by atoms with Crippen LogP contribution in [0.1, 0.15) is 39.5 Å². The highest BCUT2D eigenvalue weighted by atomic mass is 16.4. The number of nitrogens with zero attached hydrogens (tertiary/aromatic N) is 3. The Balaban J connectivity index is 1.50. The van der Waals surface area contributed by atoms with E-state index in [0.717, 1.165) is 28.9 Å². The second-order valence-corrected chi connectivity index (χ2v) is 7.03. The molecule has 27 heavy (non-hydrogen) atoms. The van der Waals surface area contributed by atoms with E-state index in [4.69, 9.17) is 0 Å². The van der Waals surface area contributed by atoms with E-state index in [1.54, 1.807) is 18.3 Å². The van der Waals surface area contributed by atoms with Crippen molar-refractivity contribution in [2.24, 2.45) is 0 Å². The van der Waals surface area contributed by atoms with Gasteiger partial charge in [0.1, 0.15) is 5.65 Å². The van der Waals surface area contributed by atoms with Crippen LogP contribution < -0.4 is 0 Å². The lowest BCUT2D eigenvalue weighted by Crippen LogP contribution is -2.30. The first kappa shape index (κ1) is 17.3. The van der Waals surface area contributed by atoms with Crippen LogP contribution in [0.25, 0.3) is 5.65 Å². The van der Waals surface area contributed by atoms with Crippen LogP contribution in [-0.4, -0.2) is 44.4 Å². The van der Waals surface area contributed by atoms with Crippen LogP contribution in [0.3, 0.4) is 0 Å². The minimum absolute atomic E-state index is 0.0496. The van der Waals surface area contributed by atoms with Gasteiger partial charge in [0.25, 0.3) is 0 Å². The lowest BCUT2D eigenvalue weighted by atomic mass is 9.93. The summed E-state index contributed by atoms with van der Waals surface area (Å²) in [5.74, 6) is -0.809. The van der Waals surface area contributed by atoms with Crippen molar-refractivity contribution in [1.29, 1.82) is 0 Å². The van der Waals surface area contributed by atoms with Gasteiger partial charge in [0.2, 0.25) is 5.91 Å². The largest absolute Gasteiger partial charge is 0.478 e. The van der Waals surface area contributed by atoms with E-state index in [0.29, 0.717) is 18.7 Å². The van der Waals surface area contributed by atoms with E-state index in [1.165, 1.54) is 0 Å². The number of amides is 1. The highest BCUT2D eigenvalue weighted by Gasteiger charge is 2.30. The molecule has 1 saturated heterocycles. The molecule has 1 N–H and O–H groups in total. The van der Waals surface area contributed by atoms with Crippen molar-refractivity contribution in [1.82, 2.24) is 14.3 Å². The zero-order valence-corrected chi connectivity index (χ0v) is 15.1. The van der Waals surface area contributed by atoms with Gasteiger partial charge in [0.05, 0.1) is 17.7 Å². The quantitative estimate of drug-likeness (QED) is 0.773. The van der Waals surface area contributed by atoms with Crippen molar-refractivity contribution in [2.45, 2.75) is 25.7 Å². The van der Waals surface area contributed by atoms with Crippen molar-refractivity contribution >= 4 is 17.5 Å². The van der Waals surface area contributed by atoms with Crippen LogP contribution >= 0.6 is 0 Å². The Hall–Kier alpha value is -3.15. The van der Waals surface area contributed by atoms with Crippen LogP contribution in [0.5, 0.6) is 0 Å². The molecule has 3 heterocycles. The van der Waals surface area contributed by atoms with E-state index in [9.17, 15) is 14.7 Å². The summed E-state index contributed by atoms with van der Waals surface area (Å²) in [4.78, 5) is 30.5. The fourth-order valence-electron chi connectivity index (χ4n) is 3.89. The second-order valence-electron chi connectivity index (χ2n) is 7.03. The van der Waals surface area contributed by atoms with Crippen molar-refractivity contribution in [3.05, 3.63) is 71.2 Å². The summed E-state index contributed by atoms with van der Waals surface area (Å²) in [5.41, 5.74) is 3.95. The maximum absolute atomic E-state index is 12.8. The van der Waals surface area contributed by atoms with Crippen LogP contribution in [0, 0.1) is 6.92 Å². The molecule has 1 fully saturated rings. The molecule has 0 radical (unpaired) electrons. The fourth-order valence-corrected chi connectivity index (χ4v) is 3.89. The summed E-state index contributed by atoms with van der Waals surface area (Å²) in [5, 5.41) is 9.40. The van der Waals surface area contributed by atoms with Crippen molar-refractivity contribution < 1.29 is 14.7 Å². The molecular formula is C21H21N3O3. The van der Waals surface area contributed by atoms with Crippen molar-refractivity contribution in [2.75, 3.05) is 13.1 Å². The minimum atomic E-state index is -0.920.